The Labute approximate surface area is 164 Å². The second-order valence-corrected chi connectivity index (χ2v) is 8.07. The molecule has 3 aromatic rings. The summed E-state index contributed by atoms with van der Waals surface area (Å²) in [5.74, 6) is 3.46. The summed E-state index contributed by atoms with van der Waals surface area (Å²) in [4.78, 5) is 20.8. The zero-order chi connectivity index (χ0) is 18.6. The Morgan fingerprint density at radius 1 is 1.26 bits per heavy atom. The number of anilines is 1. The first kappa shape index (κ1) is 17.9. The molecule has 2 aromatic heterocycles. The van der Waals surface area contributed by atoms with Crippen LogP contribution in [0.25, 0.3) is 0 Å². The van der Waals surface area contributed by atoms with Gasteiger partial charge in [0.25, 0.3) is 0 Å². The zero-order valence-electron chi connectivity index (χ0n) is 14.6. The van der Waals surface area contributed by atoms with E-state index in [9.17, 15) is 4.79 Å². The number of rotatable bonds is 7. The molecule has 1 aromatic carbocycles. The molecular weight excluding hydrogens is 386 g/mol. The van der Waals surface area contributed by atoms with Crippen molar-refractivity contribution in [2.24, 2.45) is 0 Å². The van der Waals surface area contributed by atoms with Crippen LogP contribution >= 0.6 is 23.1 Å². The highest BCUT2D eigenvalue weighted by molar-refractivity contribution is 8.00. The van der Waals surface area contributed by atoms with Gasteiger partial charge in [0, 0.05) is 6.42 Å². The number of fused-ring (bicyclic) bond motifs is 1. The first-order valence-electron chi connectivity index (χ1n) is 8.40. The lowest BCUT2D eigenvalue weighted by Crippen LogP contribution is -2.14. The maximum absolute atomic E-state index is 12.3. The van der Waals surface area contributed by atoms with E-state index in [0.29, 0.717) is 28.3 Å². The van der Waals surface area contributed by atoms with Crippen molar-refractivity contribution in [3.8, 4) is 11.5 Å². The highest BCUT2D eigenvalue weighted by atomic mass is 32.2. The Kier molecular flexibility index (Phi) is 5.30. The molecule has 4 rings (SSSR count). The van der Waals surface area contributed by atoms with Crippen molar-refractivity contribution in [2.75, 3.05) is 12.1 Å². The van der Waals surface area contributed by atoms with Gasteiger partial charge < -0.3 is 19.2 Å². The molecule has 7 nitrogen and oxygen atoms in total. The number of carbonyl (C=O) groups is 1. The summed E-state index contributed by atoms with van der Waals surface area (Å²) in [6.07, 6.45) is 4.58. The molecule has 0 spiro atoms. The number of hydrogen-bond donors (Lipinski definition) is 1. The van der Waals surface area contributed by atoms with E-state index in [-0.39, 0.29) is 19.1 Å². The van der Waals surface area contributed by atoms with Crippen LogP contribution in [0.4, 0.5) is 5.13 Å². The van der Waals surface area contributed by atoms with Gasteiger partial charge in [-0.05, 0) is 17.7 Å². The number of aromatic nitrogens is 2. The Morgan fingerprint density at radius 3 is 3.00 bits per heavy atom. The summed E-state index contributed by atoms with van der Waals surface area (Å²) < 4.78 is 17.2. The van der Waals surface area contributed by atoms with Crippen LogP contribution in [-0.4, -0.2) is 22.7 Å². The molecule has 140 valence electrons. The van der Waals surface area contributed by atoms with Crippen molar-refractivity contribution in [1.82, 2.24) is 9.97 Å². The van der Waals surface area contributed by atoms with E-state index in [1.807, 2.05) is 25.1 Å². The van der Waals surface area contributed by atoms with Crippen LogP contribution in [0, 0.1) is 0 Å². The predicted octanol–water partition coefficient (Wildman–Crippen LogP) is 3.90. The molecule has 0 saturated carbocycles. The average molecular weight is 403 g/mol. The minimum absolute atomic E-state index is 0.125. The Morgan fingerprint density at radius 2 is 2.15 bits per heavy atom. The summed E-state index contributed by atoms with van der Waals surface area (Å²) in [5, 5.41) is 3.41. The van der Waals surface area contributed by atoms with Crippen molar-refractivity contribution in [3.05, 3.63) is 47.8 Å². The number of amides is 1. The minimum atomic E-state index is -0.125. The van der Waals surface area contributed by atoms with Gasteiger partial charge >= 0.3 is 0 Å². The van der Waals surface area contributed by atoms with Gasteiger partial charge in [-0.1, -0.05) is 24.3 Å². The second-order valence-electron chi connectivity index (χ2n) is 5.76. The Balaban J connectivity index is 1.30. The van der Waals surface area contributed by atoms with Crippen molar-refractivity contribution >= 4 is 34.1 Å². The molecule has 0 bridgehead atoms. The second kappa shape index (κ2) is 8.01. The third-order valence-corrected chi connectivity index (χ3v) is 5.91. The van der Waals surface area contributed by atoms with Gasteiger partial charge in [-0.2, -0.15) is 0 Å². The molecule has 0 aliphatic carbocycles. The largest absolute Gasteiger partial charge is 0.454 e. The van der Waals surface area contributed by atoms with Gasteiger partial charge in [0.1, 0.15) is 5.76 Å². The number of aryl methyl sites for hydroxylation is 1. The molecule has 1 aliphatic rings. The lowest BCUT2D eigenvalue weighted by Gasteiger charge is -2.03. The van der Waals surface area contributed by atoms with Crippen LogP contribution in [0.1, 0.15) is 24.1 Å². The van der Waals surface area contributed by atoms with Crippen LogP contribution in [0.5, 0.6) is 11.5 Å². The molecule has 0 fully saturated rings. The van der Waals surface area contributed by atoms with E-state index < -0.39 is 0 Å². The summed E-state index contributed by atoms with van der Waals surface area (Å²) in [6.45, 7) is 2.25. The van der Waals surface area contributed by atoms with Gasteiger partial charge in [0.05, 0.1) is 28.8 Å². The fourth-order valence-corrected chi connectivity index (χ4v) is 4.24. The number of thiazole rings is 1. The molecule has 1 aliphatic heterocycles. The van der Waals surface area contributed by atoms with Crippen LogP contribution in [0.3, 0.4) is 0 Å². The van der Waals surface area contributed by atoms with Crippen LogP contribution in [0.2, 0.25) is 0 Å². The highest BCUT2D eigenvalue weighted by Crippen LogP contribution is 2.33. The standard InChI is InChI=1S/C18H17N3O4S2/c1-2-12-7-19-16(25-12)9-26-17-8-20-18(27-17)21-15(22)6-11-3-4-13-14(5-11)24-10-23-13/h3-5,7-8H,2,6,9-10H2,1H3,(H,20,21,22). The number of hydrogen-bond acceptors (Lipinski definition) is 8. The van der Waals surface area contributed by atoms with E-state index in [1.165, 1.54) is 11.3 Å². The molecule has 0 radical (unpaired) electrons. The van der Waals surface area contributed by atoms with E-state index in [4.69, 9.17) is 13.9 Å². The molecule has 0 atom stereocenters. The topological polar surface area (TPSA) is 86.5 Å². The summed E-state index contributed by atoms with van der Waals surface area (Å²) in [7, 11) is 0. The average Bonchev–Trinajstić information content (AvgIpc) is 3.40. The Hall–Kier alpha value is -2.52. The summed E-state index contributed by atoms with van der Waals surface area (Å²) in [6, 6.07) is 5.50. The molecular formula is C18H17N3O4S2. The fourth-order valence-electron chi connectivity index (χ4n) is 2.49. The lowest BCUT2D eigenvalue weighted by atomic mass is 10.1. The van der Waals surface area contributed by atoms with Gasteiger partial charge in [-0.25, -0.2) is 9.97 Å². The first-order chi connectivity index (χ1) is 13.2. The Bertz CT molecular complexity index is 954. The van der Waals surface area contributed by atoms with Crippen molar-refractivity contribution in [1.29, 1.82) is 0 Å². The van der Waals surface area contributed by atoms with E-state index in [1.54, 1.807) is 24.2 Å². The zero-order valence-corrected chi connectivity index (χ0v) is 16.2. The van der Waals surface area contributed by atoms with E-state index in [2.05, 4.69) is 15.3 Å². The van der Waals surface area contributed by atoms with E-state index >= 15 is 0 Å². The number of thioether (sulfide) groups is 1. The normalized spacial score (nSPS) is 12.3. The minimum Gasteiger partial charge on any atom is -0.454 e. The number of benzene rings is 1. The van der Waals surface area contributed by atoms with Gasteiger partial charge in [-0.3, -0.25) is 4.79 Å². The molecule has 9 heteroatoms. The number of ether oxygens (including phenoxy) is 2. The smallest absolute Gasteiger partial charge is 0.231 e. The SMILES string of the molecule is CCc1cnc(CSc2cnc(NC(=O)Cc3ccc4c(c3)OCO4)s2)o1. The quantitative estimate of drug-likeness (QED) is 0.599. The molecule has 3 heterocycles. The molecule has 0 saturated heterocycles. The third kappa shape index (κ3) is 4.42. The van der Waals surface area contributed by atoms with E-state index in [0.717, 1.165) is 22.0 Å². The van der Waals surface area contributed by atoms with Crippen LogP contribution in [-0.2, 0) is 23.4 Å². The number of carbonyl (C=O) groups excluding carboxylic acids is 1. The fraction of sp³-hybridized carbons (Fsp3) is 0.278. The third-order valence-electron chi connectivity index (χ3n) is 3.82. The molecule has 27 heavy (non-hydrogen) atoms. The van der Waals surface area contributed by atoms with Crippen LogP contribution < -0.4 is 14.8 Å². The van der Waals surface area contributed by atoms with Crippen LogP contribution in [0.15, 0.2) is 39.2 Å². The maximum Gasteiger partial charge on any atom is 0.231 e. The monoisotopic (exact) mass is 403 g/mol. The van der Waals surface area contributed by atoms with Crippen molar-refractivity contribution in [2.45, 2.75) is 29.7 Å². The van der Waals surface area contributed by atoms with Crippen molar-refractivity contribution < 1.29 is 18.7 Å². The number of nitrogens with zero attached hydrogens (tertiary/aromatic N) is 2. The van der Waals surface area contributed by atoms with Gasteiger partial charge in [-0.15, -0.1) is 11.8 Å². The molecule has 1 amide bonds. The van der Waals surface area contributed by atoms with Crippen molar-refractivity contribution in [3.63, 3.8) is 0 Å². The highest BCUT2D eigenvalue weighted by Gasteiger charge is 2.15. The molecule has 1 N–H and O–H groups in total. The lowest BCUT2D eigenvalue weighted by molar-refractivity contribution is -0.115. The first-order valence-corrected chi connectivity index (χ1v) is 10.2. The maximum atomic E-state index is 12.3. The number of nitrogens with one attached hydrogen (secondary N) is 1. The van der Waals surface area contributed by atoms with Gasteiger partial charge in [0.2, 0.25) is 18.6 Å². The van der Waals surface area contributed by atoms with Gasteiger partial charge in [0.15, 0.2) is 16.6 Å². The summed E-state index contributed by atoms with van der Waals surface area (Å²) >= 11 is 3.01. The number of oxazole rings is 1. The summed E-state index contributed by atoms with van der Waals surface area (Å²) in [5.41, 5.74) is 0.860. The predicted molar refractivity (Wildman–Crippen MR) is 102 cm³/mol. The molecule has 0 unspecified atom stereocenters.